The van der Waals surface area contributed by atoms with Crippen molar-refractivity contribution in [1.29, 1.82) is 0 Å². The molecule has 0 saturated heterocycles. The van der Waals surface area contributed by atoms with Crippen LogP contribution in [0.15, 0.2) is 42.5 Å². The van der Waals surface area contributed by atoms with Crippen LogP contribution in [0.25, 0.3) is 0 Å². The van der Waals surface area contributed by atoms with Gasteiger partial charge in [-0.25, -0.2) is 4.98 Å². The molecule has 1 fully saturated rings. The van der Waals surface area contributed by atoms with Crippen molar-refractivity contribution < 1.29 is 9.59 Å². The first-order valence-corrected chi connectivity index (χ1v) is 8.66. The number of pyridine rings is 1. The van der Waals surface area contributed by atoms with E-state index in [4.69, 9.17) is 5.73 Å². The van der Waals surface area contributed by atoms with E-state index in [2.05, 4.69) is 4.98 Å². The number of nitrogens with zero attached hydrogens (tertiary/aromatic N) is 2. The predicted octanol–water partition coefficient (Wildman–Crippen LogP) is 2.79. The molecular formula is C20H23N3O2. The first kappa shape index (κ1) is 17.1. The van der Waals surface area contributed by atoms with Gasteiger partial charge in [0.25, 0.3) is 5.91 Å². The van der Waals surface area contributed by atoms with Crippen molar-refractivity contribution in [2.24, 2.45) is 5.73 Å². The van der Waals surface area contributed by atoms with Gasteiger partial charge < -0.3 is 10.6 Å². The summed E-state index contributed by atoms with van der Waals surface area (Å²) in [6.45, 7) is 0. The summed E-state index contributed by atoms with van der Waals surface area (Å²) in [6.07, 6.45) is 4.89. The number of benzene rings is 1. The van der Waals surface area contributed by atoms with Gasteiger partial charge in [-0.2, -0.15) is 0 Å². The van der Waals surface area contributed by atoms with Gasteiger partial charge in [-0.15, -0.1) is 0 Å². The summed E-state index contributed by atoms with van der Waals surface area (Å²) in [5.74, 6) is -0.696. The van der Waals surface area contributed by atoms with E-state index in [0.29, 0.717) is 17.7 Å². The molecule has 2 N–H and O–H groups in total. The first-order chi connectivity index (χ1) is 12.0. The molecule has 1 saturated carbocycles. The van der Waals surface area contributed by atoms with Crippen molar-refractivity contribution in [3.63, 3.8) is 0 Å². The Morgan fingerprint density at radius 3 is 2.48 bits per heavy atom. The van der Waals surface area contributed by atoms with E-state index in [-0.39, 0.29) is 17.6 Å². The van der Waals surface area contributed by atoms with E-state index in [9.17, 15) is 9.59 Å². The third kappa shape index (κ3) is 4.05. The van der Waals surface area contributed by atoms with Gasteiger partial charge in [-0.05, 0) is 30.5 Å². The topological polar surface area (TPSA) is 76.3 Å². The van der Waals surface area contributed by atoms with Crippen LogP contribution in [0, 0.1) is 0 Å². The summed E-state index contributed by atoms with van der Waals surface area (Å²) in [6, 6.07) is 13.3. The fraction of sp³-hybridized carbons (Fsp3) is 0.350. The van der Waals surface area contributed by atoms with E-state index in [1.165, 1.54) is 6.07 Å². The molecule has 5 heteroatoms. The average Bonchev–Trinajstić information content (AvgIpc) is 3.15. The SMILES string of the molecule is CN(C(=O)c1cc(C(N)=O)cc(Cc2ccccc2)n1)C1CCCC1. The van der Waals surface area contributed by atoms with Crippen molar-refractivity contribution in [2.45, 2.75) is 38.1 Å². The van der Waals surface area contributed by atoms with Gasteiger partial charge in [-0.3, -0.25) is 9.59 Å². The second kappa shape index (κ2) is 7.47. The Kier molecular flexibility index (Phi) is 5.12. The lowest BCUT2D eigenvalue weighted by molar-refractivity contribution is 0.0729. The van der Waals surface area contributed by atoms with Crippen LogP contribution in [0.2, 0.25) is 0 Å². The van der Waals surface area contributed by atoms with E-state index >= 15 is 0 Å². The molecule has 3 rings (SSSR count). The molecule has 1 aromatic carbocycles. The molecule has 5 nitrogen and oxygen atoms in total. The number of rotatable bonds is 5. The van der Waals surface area contributed by atoms with Crippen LogP contribution in [0.5, 0.6) is 0 Å². The normalized spacial score (nSPS) is 14.4. The van der Waals surface area contributed by atoms with Crippen LogP contribution in [0.4, 0.5) is 0 Å². The van der Waals surface area contributed by atoms with Crippen LogP contribution in [0.1, 0.15) is 57.8 Å². The van der Waals surface area contributed by atoms with Gasteiger partial charge in [0, 0.05) is 30.8 Å². The van der Waals surface area contributed by atoms with Gasteiger partial charge in [0.05, 0.1) is 0 Å². The van der Waals surface area contributed by atoms with Crippen molar-refractivity contribution in [3.05, 3.63) is 65.0 Å². The maximum Gasteiger partial charge on any atom is 0.272 e. The molecule has 2 amide bonds. The van der Waals surface area contributed by atoms with E-state index in [1.807, 2.05) is 37.4 Å². The smallest absolute Gasteiger partial charge is 0.272 e. The van der Waals surface area contributed by atoms with Crippen LogP contribution in [-0.4, -0.2) is 34.8 Å². The van der Waals surface area contributed by atoms with Gasteiger partial charge >= 0.3 is 0 Å². The number of nitrogens with two attached hydrogens (primary N) is 1. The van der Waals surface area contributed by atoms with E-state index in [1.54, 1.807) is 11.0 Å². The second-order valence-corrected chi connectivity index (χ2v) is 6.61. The quantitative estimate of drug-likeness (QED) is 0.911. The average molecular weight is 337 g/mol. The van der Waals surface area contributed by atoms with Crippen LogP contribution in [-0.2, 0) is 6.42 Å². The maximum atomic E-state index is 12.8. The molecule has 0 unspecified atom stereocenters. The largest absolute Gasteiger partial charge is 0.366 e. The highest BCUT2D eigenvalue weighted by molar-refractivity contribution is 5.98. The summed E-state index contributed by atoms with van der Waals surface area (Å²) in [5, 5.41) is 0. The Morgan fingerprint density at radius 1 is 1.16 bits per heavy atom. The Balaban J connectivity index is 1.89. The van der Waals surface area contributed by atoms with Crippen molar-refractivity contribution in [1.82, 2.24) is 9.88 Å². The molecule has 25 heavy (non-hydrogen) atoms. The zero-order valence-corrected chi connectivity index (χ0v) is 14.4. The van der Waals surface area contributed by atoms with Gasteiger partial charge in [0.1, 0.15) is 5.69 Å². The highest BCUT2D eigenvalue weighted by Gasteiger charge is 2.25. The summed E-state index contributed by atoms with van der Waals surface area (Å²) in [5.41, 5.74) is 7.80. The number of primary amides is 1. The highest BCUT2D eigenvalue weighted by Crippen LogP contribution is 2.23. The molecule has 1 aliphatic carbocycles. The lowest BCUT2D eigenvalue weighted by atomic mass is 10.1. The first-order valence-electron chi connectivity index (χ1n) is 8.66. The number of amides is 2. The molecule has 1 aromatic heterocycles. The Hall–Kier alpha value is -2.69. The molecule has 2 aromatic rings. The second-order valence-electron chi connectivity index (χ2n) is 6.61. The Bertz CT molecular complexity index is 768. The lowest BCUT2D eigenvalue weighted by Crippen LogP contribution is -2.36. The van der Waals surface area contributed by atoms with E-state index < -0.39 is 5.91 Å². The zero-order chi connectivity index (χ0) is 17.8. The van der Waals surface area contributed by atoms with E-state index in [0.717, 1.165) is 31.2 Å². The highest BCUT2D eigenvalue weighted by atomic mass is 16.2. The third-order valence-electron chi connectivity index (χ3n) is 4.80. The molecule has 0 aliphatic heterocycles. The van der Waals surface area contributed by atoms with Crippen molar-refractivity contribution >= 4 is 11.8 Å². The molecule has 0 radical (unpaired) electrons. The van der Waals surface area contributed by atoms with Gasteiger partial charge in [0.2, 0.25) is 5.91 Å². The predicted molar refractivity (Wildman–Crippen MR) is 96.4 cm³/mol. The molecule has 0 spiro atoms. The number of hydrogen-bond acceptors (Lipinski definition) is 3. The number of hydrogen-bond donors (Lipinski definition) is 1. The molecule has 0 atom stereocenters. The number of carbonyl (C=O) groups excluding carboxylic acids is 2. The Labute approximate surface area is 147 Å². The van der Waals surface area contributed by atoms with Crippen molar-refractivity contribution in [3.8, 4) is 0 Å². The minimum Gasteiger partial charge on any atom is -0.366 e. The minimum atomic E-state index is -0.547. The Morgan fingerprint density at radius 2 is 1.84 bits per heavy atom. The summed E-state index contributed by atoms with van der Waals surface area (Å²) >= 11 is 0. The molecular weight excluding hydrogens is 314 g/mol. The summed E-state index contributed by atoms with van der Waals surface area (Å²) in [4.78, 5) is 30.8. The minimum absolute atomic E-state index is 0.149. The van der Waals surface area contributed by atoms with Gasteiger partial charge in [0.15, 0.2) is 0 Å². The van der Waals surface area contributed by atoms with Gasteiger partial charge in [-0.1, -0.05) is 43.2 Å². The fourth-order valence-electron chi connectivity index (χ4n) is 3.37. The maximum absolute atomic E-state index is 12.8. The van der Waals surface area contributed by atoms with Crippen molar-refractivity contribution in [2.75, 3.05) is 7.05 Å². The third-order valence-corrected chi connectivity index (χ3v) is 4.80. The monoisotopic (exact) mass is 337 g/mol. The van der Waals surface area contributed by atoms with Crippen LogP contribution in [0.3, 0.4) is 0 Å². The van der Waals surface area contributed by atoms with Crippen LogP contribution < -0.4 is 5.73 Å². The standard InChI is InChI=1S/C20H23N3O2/c1-23(17-9-5-6-10-17)20(25)18-13-15(19(21)24)12-16(22-18)11-14-7-3-2-4-8-14/h2-4,7-8,12-13,17H,5-6,9-11H2,1H3,(H2,21,24). The lowest BCUT2D eigenvalue weighted by Gasteiger charge is -2.24. The summed E-state index contributed by atoms with van der Waals surface area (Å²) in [7, 11) is 1.81. The molecule has 1 aliphatic rings. The molecule has 1 heterocycles. The number of carbonyl (C=O) groups is 2. The molecule has 130 valence electrons. The zero-order valence-electron chi connectivity index (χ0n) is 14.4. The fourth-order valence-corrected chi connectivity index (χ4v) is 3.37. The summed E-state index contributed by atoms with van der Waals surface area (Å²) < 4.78 is 0. The van der Waals surface area contributed by atoms with Crippen LogP contribution >= 0.6 is 0 Å². The molecule has 0 bridgehead atoms. The number of aromatic nitrogens is 1.